The minimum Gasteiger partial charge on any atom is -0.466 e. The van der Waals surface area contributed by atoms with Crippen LogP contribution in [0.15, 0.2) is 0 Å². The van der Waals surface area contributed by atoms with Crippen LogP contribution in [-0.2, 0) is 9.53 Å². The summed E-state index contributed by atoms with van der Waals surface area (Å²) in [5, 5.41) is 8.94. The van der Waals surface area contributed by atoms with E-state index in [1.807, 2.05) is 0 Å². The van der Waals surface area contributed by atoms with Gasteiger partial charge in [-0.3, -0.25) is 4.79 Å². The average Bonchev–Trinajstić information content (AvgIpc) is 2.92. The third kappa shape index (κ3) is 1.86. The molecule has 1 aliphatic carbocycles. The van der Waals surface area contributed by atoms with Crippen LogP contribution in [0.25, 0.3) is 0 Å². The Morgan fingerprint density at radius 2 is 2.31 bits per heavy atom. The van der Waals surface area contributed by atoms with E-state index >= 15 is 0 Å². The van der Waals surface area contributed by atoms with Crippen LogP contribution in [0.3, 0.4) is 0 Å². The van der Waals surface area contributed by atoms with Crippen LogP contribution in [0.2, 0.25) is 0 Å². The van der Waals surface area contributed by atoms with Gasteiger partial charge in [0, 0.05) is 18.5 Å². The monoisotopic (exact) mass is 227 g/mol. The van der Waals surface area contributed by atoms with Crippen molar-refractivity contribution >= 4 is 12.1 Å². The van der Waals surface area contributed by atoms with Gasteiger partial charge in [0.2, 0.25) is 0 Å². The van der Waals surface area contributed by atoms with Gasteiger partial charge >= 0.3 is 12.1 Å². The van der Waals surface area contributed by atoms with Gasteiger partial charge < -0.3 is 14.7 Å². The van der Waals surface area contributed by atoms with Crippen molar-refractivity contribution in [2.45, 2.75) is 26.2 Å². The molecule has 5 heteroatoms. The van der Waals surface area contributed by atoms with Crippen molar-refractivity contribution in [3.05, 3.63) is 0 Å². The molecule has 0 radical (unpaired) electrons. The molecule has 16 heavy (non-hydrogen) atoms. The number of carbonyl (C=O) groups is 2. The third-order valence-electron chi connectivity index (χ3n) is 3.64. The molecule has 1 N–H and O–H groups in total. The van der Waals surface area contributed by atoms with Crippen molar-refractivity contribution in [1.82, 2.24) is 4.90 Å². The highest BCUT2D eigenvalue weighted by Crippen LogP contribution is 2.58. The molecule has 1 heterocycles. The van der Waals surface area contributed by atoms with Crippen LogP contribution in [-0.4, -0.2) is 41.8 Å². The Morgan fingerprint density at radius 3 is 2.94 bits per heavy atom. The second-order valence-corrected chi connectivity index (χ2v) is 4.68. The topological polar surface area (TPSA) is 66.8 Å². The molecule has 0 aromatic rings. The van der Waals surface area contributed by atoms with E-state index in [1.165, 1.54) is 4.90 Å². The molecular formula is C11H17NO4. The summed E-state index contributed by atoms with van der Waals surface area (Å²) in [4.78, 5) is 23.9. The number of rotatable bonds is 2. The van der Waals surface area contributed by atoms with Gasteiger partial charge in [0.15, 0.2) is 0 Å². The Morgan fingerprint density at radius 1 is 1.56 bits per heavy atom. The minimum absolute atomic E-state index is 0.0744. The van der Waals surface area contributed by atoms with E-state index < -0.39 is 6.09 Å². The van der Waals surface area contributed by atoms with Gasteiger partial charge in [0.1, 0.15) is 0 Å². The van der Waals surface area contributed by atoms with Crippen LogP contribution in [0, 0.1) is 11.3 Å². The summed E-state index contributed by atoms with van der Waals surface area (Å²) in [6.45, 7) is 3.27. The number of piperidine rings is 1. The summed E-state index contributed by atoms with van der Waals surface area (Å²) < 4.78 is 4.98. The fourth-order valence-corrected chi connectivity index (χ4v) is 2.70. The summed E-state index contributed by atoms with van der Waals surface area (Å²) in [5.74, 6) is -0.232. The molecule has 2 rings (SSSR count). The lowest BCUT2D eigenvalue weighted by molar-refractivity contribution is -0.146. The van der Waals surface area contributed by atoms with E-state index in [9.17, 15) is 9.59 Å². The summed E-state index contributed by atoms with van der Waals surface area (Å²) in [6.07, 6.45) is 1.70. The van der Waals surface area contributed by atoms with E-state index in [-0.39, 0.29) is 17.3 Å². The molecule has 0 aromatic heterocycles. The van der Waals surface area contributed by atoms with Gasteiger partial charge in [-0.2, -0.15) is 0 Å². The first kappa shape index (κ1) is 11.2. The first-order chi connectivity index (χ1) is 7.59. The fourth-order valence-electron chi connectivity index (χ4n) is 2.70. The van der Waals surface area contributed by atoms with Crippen LogP contribution in [0.1, 0.15) is 26.2 Å². The summed E-state index contributed by atoms with van der Waals surface area (Å²) in [7, 11) is 0. The number of likely N-dealkylation sites (tertiary alicyclic amines) is 1. The molecule has 1 spiro atoms. The molecule has 1 aliphatic heterocycles. The molecule has 90 valence electrons. The maximum Gasteiger partial charge on any atom is 0.407 e. The quantitative estimate of drug-likeness (QED) is 0.723. The van der Waals surface area contributed by atoms with Crippen LogP contribution >= 0.6 is 0 Å². The molecule has 1 saturated carbocycles. The Balaban J connectivity index is 1.96. The minimum atomic E-state index is -0.881. The van der Waals surface area contributed by atoms with Crippen molar-refractivity contribution in [2.75, 3.05) is 19.7 Å². The van der Waals surface area contributed by atoms with Crippen LogP contribution in [0.5, 0.6) is 0 Å². The maximum atomic E-state index is 11.6. The normalized spacial score (nSPS) is 32.6. The van der Waals surface area contributed by atoms with Crippen LogP contribution < -0.4 is 0 Å². The van der Waals surface area contributed by atoms with Gasteiger partial charge in [-0.1, -0.05) is 0 Å². The number of carboxylic acid groups (broad SMARTS) is 1. The standard InChI is InChI=1S/C11H17NO4/c1-2-16-9(13)8-6-11(8)4-3-5-12(7-11)10(14)15/h8H,2-7H2,1H3,(H,14,15). The Hall–Kier alpha value is -1.26. The Labute approximate surface area is 94.4 Å². The number of hydrogen-bond acceptors (Lipinski definition) is 3. The molecule has 1 amide bonds. The first-order valence-electron chi connectivity index (χ1n) is 5.73. The van der Waals surface area contributed by atoms with Crippen molar-refractivity contribution < 1.29 is 19.4 Å². The largest absolute Gasteiger partial charge is 0.466 e. The Kier molecular flexibility index (Phi) is 2.78. The number of ether oxygens (including phenoxy) is 1. The average molecular weight is 227 g/mol. The van der Waals surface area contributed by atoms with Crippen molar-refractivity contribution in [2.24, 2.45) is 11.3 Å². The second kappa shape index (κ2) is 3.96. The second-order valence-electron chi connectivity index (χ2n) is 4.68. The number of nitrogens with zero attached hydrogens (tertiary/aromatic N) is 1. The zero-order valence-corrected chi connectivity index (χ0v) is 9.44. The van der Waals surface area contributed by atoms with Crippen molar-refractivity contribution in [3.63, 3.8) is 0 Å². The van der Waals surface area contributed by atoms with Gasteiger partial charge in [0.25, 0.3) is 0 Å². The molecule has 2 fully saturated rings. The van der Waals surface area contributed by atoms with Gasteiger partial charge in [-0.05, 0) is 26.2 Å². The van der Waals surface area contributed by atoms with Gasteiger partial charge in [-0.15, -0.1) is 0 Å². The maximum absolute atomic E-state index is 11.6. The van der Waals surface area contributed by atoms with Gasteiger partial charge in [-0.25, -0.2) is 4.79 Å². The van der Waals surface area contributed by atoms with E-state index in [2.05, 4.69) is 0 Å². The van der Waals surface area contributed by atoms with E-state index in [0.29, 0.717) is 19.7 Å². The fraction of sp³-hybridized carbons (Fsp3) is 0.818. The zero-order chi connectivity index (χ0) is 11.8. The lowest BCUT2D eigenvalue weighted by Crippen LogP contribution is -2.41. The lowest BCUT2D eigenvalue weighted by atomic mass is 9.92. The lowest BCUT2D eigenvalue weighted by Gasteiger charge is -2.31. The summed E-state index contributed by atoms with van der Waals surface area (Å²) >= 11 is 0. The highest BCUT2D eigenvalue weighted by atomic mass is 16.5. The van der Waals surface area contributed by atoms with Crippen molar-refractivity contribution in [3.8, 4) is 0 Å². The molecule has 2 unspecified atom stereocenters. The summed E-state index contributed by atoms with van der Waals surface area (Å²) in [5.41, 5.74) is -0.108. The molecule has 2 atom stereocenters. The molecule has 5 nitrogen and oxygen atoms in total. The molecular weight excluding hydrogens is 210 g/mol. The predicted molar refractivity (Wildman–Crippen MR) is 56.0 cm³/mol. The molecule has 0 aromatic carbocycles. The van der Waals surface area contributed by atoms with Crippen molar-refractivity contribution in [1.29, 1.82) is 0 Å². The van der Waals surface area contributed by atoms with E-state index in [0.717, 1.165) is 19.3 Å². The number of amides is 1. The SMILES string of the molecule is CCOC(=O)C1CC12CCCN(C(=O)O)C2. The van der Waals surface area contributed by atoms with E-state index in [1.54, 1.807) is 6.92 Å². The molecule has 2 aliphatic rings. The molecule has 0 bridgehead atoms. The highest BCUT2D eigenvalue weighted by molar-refractivity contribution is 5.77. The predicted octanol–water partition coefficient (Wildman–Crippen LogP) is 1.33. The number of hydrogen-bond donors (Lipinski definition) is 1. The number of carbonyl (C=O) groups excluding carboxylic acids is 1. The van der Waals surface area contributed by atoms with Crippen LogP contribution in [0.4, 0.5) is 4.79 Å². The third-order valence-corrected chi connectivity index (χ3v) is 3.64. The molecule has 1 saturated heterocycles. The van der Waals surface area contributed by atoms with Gasteiger partial charge in [0.05, 0.1) is 12.5 Å². The first-order valence-corrected chi connectivity index (χ1v) is 5.73. The highest BCUT2D eigenvalue weighted by Gasteiger charge is 2.60. The number of esters is 1. The van der Waals surface area contributed by atoms with E-state index in [4.69, 9.17) is 9.84 Å². The summed E-state index contributed by atoms with van der Waals surface area (Å²) in [6, 6.07) is 0. The Bertz CT molecular complexity index is 317. The smallest absolute Gasteiger partial charge is 0.407 e. The zero-order valence-electron chi connectivity index (χ0n) is 9.44.